The van der Waals surface area contributed by atoms with Crippen molar-refractivity contribution in [2.45, 2.75) is 33.5 Å². The van der Waals surface area contributed by atoms with Crippen LogP contribution in [0.15, 0.2) is 11.6 Å². The van der Waals surface area contributed by atoms with Crippen LogP contribution in [-0.4, -0.2) is 20.3 Å². The van der Waals surface area contributed by atoms with Gasteiger partial charge in [0, 0.05) is 6.08 Å². The van der Waals surface area contributed by atoms with Gasteiger partial charge in [0.25, 0.3) is 0 Å². The van der Waals surface area contributed by atoms with Crippen LogP contribution in [-0.2, 0) is 9.53 Å². The molecule has 0 unspecified atom stereocenters. The van der Waals surface area contributed by atoms with Crippen LogP contribution < -0.4 is 0 Å². The molecule has 3 heteroatoms. The first-order valence-corrected chi connectivity index (χ1v) is 7.83. The van der Waals surface area contributed by atoms with Gasteiger partial charge in [-0.3, -0.25) is 0 Å². The van der Waals surface area contributed by atoms with E-state index in [1.54, 1.807) is 0 Å². The second-order valence-electron chi connectivity index (χ2n) is 4.39. The molecule has 0 aliphatic heterocycles. The molecule has 0 atom stereocenters. The van der Waals surface area contributed by atoms with Crippen molar-refractivity contribution in [3.8, 4) is 0 Å². The fourth-order valence-electron chi connectivity index (χ4n) is 0.565. The molecule has 0 saturated heterocycles. The highest BCUT2D eigenvalue weighted by Gasteiger charge is 2.15. The fraction of sp³-hybridized carbons (Fsp3) is 0.667. The summed E-state index contributed by atoms with van der Waals surface area (Å²) in [5.41, 5.74) is 0.982. The molecule has 0 heterocycles. The van der Waals surface area contributed by atoms with Crippen molar-refractivity contribution >= 4 is 14.0 Å². The van der Waals surface area contributed by atoms with Crippen molar-refractivity contribution in [2.75, 3.05) is 6.23 Å². The molecule has 0 rings (SSSR count). The average molecular weight is 186 g/mol. The molecule has 0 spiro atoms. The summed E-state index contributed by atoms with van der Waals surface area (Å²) in [5.74, 6) is -0.211. The highest BCUT2D eigenvalue weighted by molar-refractivity contribution is 6.76. The zero-order chi connectivity index (χ0) is 9.78. The zero-order valence-electron chi connectivity index (χ0n) is 8.60. The summed E-state index contributed by atoms with van der Waals surface area (Å²) < 4.78 is 5.06. The minimum atomic E-state index is -1.24. The molecular formula is C9H18O2Si. The molecule has 0 N–H and O–H groups in total. The standard InChI is InChI=1S/C9H18O2Si/c1-8(2)6-9(10)11-7-12(3,4)5/h6H,7H2,1-5H3. The van der Waals surface area contributed by atoms with Gasteiger partial charge in [0.2, 0.25) is 0 Å². The lowest BCUT2D eigenvalue weighted by Crippen LogP contribution is -2.29. The lowest BCUT2D eigenvalue weighted by atomic mass is 10.3. The maximum atomic E-state index is 11.0. The van der Waals surface area contributed by atoms with Crippen LogP contribution in [0.4, 0.5) is 0 Å². The van der Waals surface area contributed by atoms with Gasteiger partial charge < -0.3 is 4.74 Å². The van der Waals surface area contributed by atoms with Gasteiger partial charge in [-0.25, -0.2) is 4.79 Å². The van der Waals surface area contributed by atoms with Crippen LogP contribution in [0.5, 0.6) is 0 Å². The van der Waals surface area contributed by atoms with Crippen molar-refractivity contribution in [3.63, 3.8) is 0 Å². The summed E-state index contributed by atoms with van der Waals surface area (Å²) in [6.45, 7) is 10.3. The Bertz CT molecular complexity index is 185. The molecule has 0 aromatic heterocycles. The third kappa shape index (κ3) is 7.53. The van der Waals surface area contributed by atoms with Gasteiger partial charge in [-0.05, 0) is 13.8 Å². The van der Waals surface area contributed by atoms with Crippen LogP contribution in [0, 0.1) is 0 Å². The van der Waals surface area contributed by atoms with E-state index in [-0.39, 0.29) is 5.97 Å². The first-order valence-electron chi connectivity index (χ1n) is 4.13. The molecule has 0 aliphatic carbocycles. The van der Waals surface area contributed by atoms with Gasteiger partial charge in [0.05, 0.1) is 14.3 Å². The third-order valence-corrected chi connectivity index (χ3v) is 2.06. The van der Waals surface area contributed by atoms with E-state index in [1.165, 1.54) is 6.08 Å². The molecule has 0 aromatic rings. The second-order valence-corrected chi connectivity index (χ2v) is 9.80. The van der Waals surface area contributed by atoms with Crippen LogP contribution in [0.1, 0.15) is 13.8 Å². The van der Waals surface area contributed by atoms with Crippen LogP contribution in [0.2, 0.25) is 19.6 Å². The SMILES string of the molecule is CC(C)=CC(=O)OC[Si](C)(C)C. The van der Waals surface area contributed by atoms with Gasteiger partial charge >= 0.3 is 5.97 Å². The van der Waals surface area contributed by atoms with E-state index >= 15 is 0 Å². The maximum Gasteiger partial charge on any atom is 0.330 e. The summed E-state index contributed by atoms with van der Waals surface area (Å²) >= 11 is 0. The molecule has 0 radical (unpaired) electrons. The molecule has 70 valence electrons. The molecule has 2 nitrogen and oxygen atoms in total. The smallest absolute Gasteiger partial charge is 0.330 e. The minimum Gasteiger partial charge on any atom is -0.466 e. The van der Waals surface area contributed by atoms with Crippen LogP contribution >= 0.6 is 0 Å². The Morgan fingerprint density at radius 1 is 1.33 bits per heavy atom. The quantitative estimate of drug-likeness (QED) is 0.384. The van der Waals surface area contributed by atoms with Gasteiger partial charge in [-0.1, -0.05) is 25.2 Å². The van der Waals surface area contributed by atoms with E-state index in [0.29, 0.717) is 6.23 Å². The number of hydrogen-bond acceptors (Lipinski definition) is 2. The molecule has 0 aliphatic rings. The van der Waals surface area contributed by atoms with Crippen molar-refractivity contribution in [3.05, 3.63) is 11.6 Å². The minimum absolute atomic E-state index is 0.211. The molecule has 0 amide bonds. The number of carbonyl (C=O) groups excluding carboxylic acids is 1. The normalized spacial score (nSPS) is 10.8. The predicted molar refractivity (Wildman–Crippen MR) is 53.7 cm³/mol. The van der Waals surface area contributed by atoms with Gasteiger partial charge in [-0.2, -0.15) is 0 Å². The summed E-state index contributed by atoms with van der Waals surface area (Å²) in [6, 6.07) is 0. The number of hydrogen-bond donors (Lipinski definition) is 0. The van der Waals surface area contributed by atoms with E-state index < -0.39 is 8.07 Å². The lowest BCUT2D eigenvalue weighted by Gasteiger charge is -2.14. The Morgan fingerprint density at radius 3 is 2.17 bits per heavy atom. The van der Waals surface area contributed by atoms with Gasteiger partial charge in [0.15, 0.2) is 0 Å². The Balaban J connectivity index is 3.81. The van der Waals surface area contributed by atoms with Crippen molar-refractivity contribution in [1.29, 1.82) is 0 Å². The van der Waals surface area contributed by atoms with Crippen molar-refractivity contribution in [1.82, 2.24) is 0 Å². The van der Waals surface area contributed by atoms with Crippen molar-refractivity contribution < 1.29 is 9.53 Å². The van der Waals surface area contributed by atoms with E-state index in [1.807, 2.05) is 13.8 Å². The fourth-order valence-corrected chi connectivity index (χ4v) is 1.14. The van der Waals surface area contributed by atoms with Gasteiger partial charge in [-0.15, -0.1) is 0 Å². The first-order chi connectivity index (χ1) is 5.31. The topological polar surface area (TPSA) is 26.3 Å². The molecule has 0 aromatic carbocycles. The predicted octanol–water partition coefficient (Wildman–Crippen LogP) is 2.37. The summed E-state index contributed by atoms with van der Waals surface area (Å²) in [5, 5.41) is 0. The third-order valence-electron chi connectivity index (χ3n) is 1.05. The Hall–Kier alpha value is -0.573. The Morgan fingerprint density at radius 2 is 1.83 bits per heavy atom. The molecular weight excluding hydrogens is 168 g/mol. The highest BCUT2D eigenvalue weighted by Crippen LogP contribution is 2.01. The highest BCUT2D eigenvalue weighted by atomic mass is 28.3. The summed E-state index contributed by atoms with van der Waals surface area (Å²) in [7, 11) is -1.24. The molecule has 0 saturated carbocycles. The van der Waals surface area contributed by atoms with E-state index in [2.05, 4.69) is 19.6 Å². The average Bonchev–Trinajstić information content (AvgIpc) is 1.80. The molecule has 12 heavy (non-hydrogen) atoms. The summed E-state index contributed by atoms with van der Waals surface area (Å²) in [4.78, 5) is 11.0. The lowest BCUT2D eigenvalue weighted by molar-refractivity contribution is -0.136. The number of allylic oxidation sites excluding steroid dienone is 1. The Labute approximate surface area is 75.6 Å². The largest absolute Gasteiger partial charge is 0.466 e. The number of carbonyl (C=O) groups is 1. The molecule has 0 fully saturated rings. The van der Waals surface area contributed by atoms with Crippen LogP contribution in [0.25, 0.3) is 0 Å². The first kappa shape index (κ1) is 11.4. The van der Waals surface area contributed by atoms with E-state index in [0.717, 1.165) is 5.57 Å². The van der Waals surface area contributed by atoms with Gasteiger partial charge in [0.1, 0.15) is 0 Å². The molecule has 0 bridgehead atoms. The number of esters is 1. The van der Waals surface area contributed by atoms with Crippen molar-refractivity contribution in [2.24, 2.45) is 0 Å². The monoisotopic (exact) mass is 186 g/mol. The van der Waals surface area contributed by atoms with Crippen LogP contribution in [0.3, 0.4) is 0 Å². The van der Waals surface area contributed by atoms with E-state index in [9.17, 15) is 4.79 Å². The number of ether oxygens (including phenoxy) is 1. The van der Waals surface area contributed by atoms with E-state index in [4.69, 9.17) is 4.74 Å². The maximum absolute atomic E-state index is 11.0. The zero-order valence-corrected chi connectivity index (χ0v) is 9.60. The number of rotatable bonds is 3. The Kier molecular flexibility index (Phi) is 4.24. The second kappa shape index (κ2) is 4.45. The summed E-state index contributed by atoms with van der Waals surface area (Å²) in [6.07, 6.45) is 2.13.